The average Bonchev–Trinajstić information content (AvgIpc) is 2.24. The summed E-state index contributed by atoms with van der Waals surface area (Å²) >= 11 is 0. The van der Waals surface area contributed by atoms with Gasteiger partial charge in [0.15, 0.2) is 0 Å². The van der Waals surface area contributed by atoms with E-state index in [0.29, 0.717) is 12.1 Å². The largest absolute Gasteiger partial charge is 0.379 e. The first-order chi connectivity index (χ1) is 7.29. The fourth-order valence-electron chi connectivity index (χ4n) is 1.82. The van der Waals surface area contributed by atoms with Gasteiger partial charge in [0.05, 0.1) is 6.10 Å². The van der Waals surface area contributed by atoms with Crippen LogP contribution in [0.4, 0.5) is 0 Å². The van der Waals surface area contributed by atoms with Crippen molar-refractivity contribution in [1.82, 2.24) is 5.32 Å². The van der Waals surface area contributed by atoms with Crippen LogP contribution in [0.3, 0.4) is 0 Å². The van der Waals surface area contributed by atoms with Crippen molar-refractivity contribution in [3.05, 3.63) is 12.2 Å². The molecule has 0 saturated carbocycles. The molecule has 0 saturated heterocycles. The van der Waals surface area contributed by atoms with E-state index in [-0.39, 0.29) is 0 Å². The zero-order valence-corrected chi connectivity index (χ0v) is 10.2. The van der Waals surface area contributed by atoms with Crippen LogP contribution in [0.1, 0.15) is 46.0 Å². The highest BCUT2D eigenvalue weighted by molar-refractivity contribution is 4.97. The number of allylic oxidation sites excluding steroid dienone is 1. The van der Waals surface area contributed by atoms with Crippen LogP contribution in [0.2, 0.25) is 0 Å². The number of nitrogens with one attached hydrogen (secondary N) is 1. The second-order valence-electron chi connectivity index (χ2n) is 4.55. The summed E-state index contributed by atoms with van der Waals surface area (Å²) in [5.74, 6) is 0. The van der Waals surface area contributed by atoms with Gasteiger partial charge in [-0.25, -0.2) is 0 Å². The normalized spacial score (nSPS) is 21.1. The number of hydrogen-bond acceptors (Lipinski definition) is 2. The Morgan fingerprint density at radius 2 is 2.27 bits per heavy atom. The van der Waals surface area contributed by atoms with Crippen molar-refractivity contribution >= 4 is 0 Å². The van der Waals surface area contributed by atoms with Gasteiger partial charge in [0.1, 0.15) is 0 Å². The Morgan fingerprint density at radius 3 is 2.93 bits per heavy atom. The van der Waals surface area contributed by atoms with Gasteiger partial charge in [0.25, 0.3) is 0 Å². The smallest absolute Gasteiger partial charge is 0.0518 e. The monoisotopic (exact) mass is 211 g/mol. The third-order valence-electron chi connectivity index (χ3n) is 2.68. The van der Waals surface area contributed by atoms with Crippen molar-refractivity contribution in [3.63, 3.8) is 0 Å². The molecule has 1 rings (SSSR count). The van der Waals surface area contributed by atoms with Crippen molar-refractivity contribution in [2.45, 2.75) is 58.1 Å². The van der Waals surface area contributed by atoms with E-state index >= 15 is 0 Å². The van der Waals surface area contributed by atoms with Crippen LogP contribution in [0, 0.1) is 0 Å². The van der Waals surface area contributed by atoms with Gasteiger partial charge in [-0.15, -0.1) is 0 Å². The summed E-state index contributed by atoms with van der Waals surface area (Å²) in [6.07, 6.45) is 11.3. The summed E-state index contributed by atoms with van der Waals surface area (Å²) in [7, 11) is 0. The number of unbranched alkanes of at least 4 members (excludes halogenated alkanes) is 1. The zero-order valence-electron chi connectivity index (χ0n) is 10.2. The molecule has 15 heavy (non-hydrogen) atoms. The minimum atomic E-state index is 0.374. The van der Waals surface area contributed by atoms with E-state index < -0.39 is 0 Å². The molecule has 2 nitrogen and oxygen atoms in total. The third-order valence-corrected chi connectivity index (χ3v) is 2.68. The molecule has 0 aromatic rings. The Bertz CT molecular complexity index is 177. The van der Waals surface area contributed by atoms with Crippen LogP contribution in [0.25, 0.3) is 0 Å². The summed E-state index contributed by atoms with van der Waals surface area (Å²) in [6, 6.07) is 0.629. The summed E-state index contributed by atoms with van der Waals surface area (Å²) in [4.78, 5) is 0. The van der Waals surface area contributed by atoms with Crippen molar-refractivity contribution in [3.8, 4) is 0 Å². The summed E-state index contributed by atoms with van der Waals surface area (Å²) in [5, 5.41) is 3.57. The molecule has 88 valence electrons. The van der Waals surface area contributed by atoms with E-state index in [0.717, 1.165) is 13.2 Å². The van der Waals surface area contributed by atoms with Gasteiger partial charge < -0.3 is 10.1 Å². The van der Waals surface area contributed by atoms with Gasteiger partial charge in [-0.3, -0.25) is 0 Å². The van der Waals surface area contributed by atoms with Gasteiger partial charge in [-0.05, 0) is 52.5 Å². The molecule has 1 N–H and O–H groups in total. The van der Waals surface area contributed by atoms with Crippen LogP contribution in [-0.2, 0) is 4.74 Å². The van der Waals surface area contributed by atoms with Crippen molar-refractivity contribution < 1.29 is 4.74 Å². The molecule has 0 aromatic carbocycles. The van der Waals surface area contributed by atoms with Crippen LogP contribution < -0.4 is 5.32 Å². The van der Waals surface area contributed by atoms with Gasteiger partial charge in [-0.2, -0.15) is 0 Å². The quantitative estimate of drug-likeness (QED) is 0.516. The van der Waals surface area contributed by atoms with Gasteiger partial charge in [-0.1, -0.05) is 12.2 Å². The highest BCUT2D eigenvalue weighted by Gasteiger charge is 2.06. The second kappa shape index (κ2) is 7.89. The molecule has 0 spiro atoms. The van der Waals surface area contributed by atoms with Crippen molar-refractivity contribution in [2.24, 2.45) is 0 Å². The molecule has 0 aromatic heterocycles. The fraction of sp³-hybridized carbons (Fsp3) is 0.846. The van der Waals surface area contributed by atoms with Gasteiger partial charge >= 0.3 is 0 Å². The topological polar surface area (TPSA) is 21.3 Å². The van der Waals surface area contributed by atoms with E-state index in [4.69, 9.17) is 4.74 Å². The molecule has 1 aliphatic rings. The Labute approximate surface area is 94.1 Å². The van der Waals surface area contributed by atoms with E-state index in [1.54, 1.807) is 0 Å². The third kappa shape index (κ3) is 6.69. The standard InChI is InChI=1S/C13H25NO/c1-12(2)15-11-7-6-10-14-13-8-4-3-5-9-13/h4,8,12-14H,3,5-7,9-11H2,1-2H3. The Balaban J connectivity index is 1.88. The first-order valence-electron chi connectivity index (χ1n) is 6.30. The lowest BCUT2D eigenvalue weighted by molar-refractivity contribution is 0.0760. The summed E-state index contributed by atoms with van der Waals surface area (Å²) < 4.78 is 5.49. The highest BCUT2D eigenvalue weighted by Crippen LogP contribution is 2.09. The molecule has 0 heterocycles. The lowest BCUT2D eigenvalue weighted by atomic mass is 10.0. The maximum Gasteiger partial charge on any atom is 0.0518 e. The molecule has 0 aliphatic heterocycles. The van der Waals surface area contributed by atoms with Gasteiger partial charge in [0.2, 0.25) is 0 Å². The number of hydrogen-bond donors (Lipinski definition) is 1. The minimum Gasteiger partial charge on any atom is -0.379 e. The van der Waals surface area contributed by atoms with Crippen LogP contribution >= 0.6 is 0 Å². The van der Waals surface area contributed by atoms with Crippen LogP contribution in [-0.4, -0.2) is 25.3 Å². The Morgan fingerprint density at radius 1 is 1.40 bits per heavy atom. The van der Waals surface area contributed by atoms with Crippen LogP contribution in [0.5, 0.6) is 0 Å². The molecular weight excluding hydrogens is 186 g/mol. The predicted octanol–water partition coefficient (Wildman–Crippen LogP) is 2.89. The van der Waals surface area contributed by atoms with E-state index in [1.165, 1.54) is 32.1 Å². The molecule has 0 fully saturated rings. The van der Waals surface area contributed by atoms with Crippen molar-refractivity contribution in [1.29, 1.82) is 0 Å². The Hall–Kier alpha value is -0.340. The van der Waals surface area contributed by atoms with Gasteiger partial charge in [0, 0.05) is 12.6 Å². The highest BCUT2D eigenvalue weighted by atomic mass is 16.5. The predicted molar refractivity (Wildman–Crippen MR) is 65.1 cm³/mol. The lowest BCUT2D eigenvalue weighted by Crippen LogP contribution is -2.29. The van der Waals surface area contributed by atoms with E-state index in [1.807, 2.05) is 0 Å². The molecule has 1 unspecified atom stereocenters. The SMILES string of the molecule is CC(C)OCCCCNC1C=CCCC1. The number of ether oxygens (including phenoxy) is 1. The first kappa shape index (κ1) is 12.7. The van der Waals surface area contributed by atoms with Crippen molar-refractivity contribution in [2.75, 3.05) is 13.2 Å². The average molecular weight is 211 g/mol. The molecule has 0 radical (unpaired) electrons. The molecule has 0 bridgehead atoms. The molecule has 1 atom stereocenters. The minimum absolute atomic E-state index is 0.374. The number of rotatable bonds is 7. The zero-order chi connectivity index (χ0) is 10.9. The maximum atomic E-state index is 5.49. The fourth-order valence-corrected chi connectivity index (χ4v) is 1.82. The molecule has 2 heteroatoms. The maximum absolute atomic E-state index is 5.49. The summed E-state index contributed by atoms with van der Waals surface area (Å²) in [5.41, 5.74) is 0. The second-order valence-corrected chi connectivity index (χ2v) is 4.55. The van der Waals surface area contributed by atoms with Crippen LogP contribution in [0.15, 0.2) is 12.2 Å². The molecule has 1 aliphatic carbocycles. The summed E-state index contributed by atoms with van der Waals surface area (Å²) in [6.45, 7) is 6.20. The van der Waals surface area contributed by atoms with E-state index in [9.17, 15) is 0 Å². The lowest BCUT2D eigenvalue weighted by Gasteiger charge is -2.17. The Kier molecular flexibility index (Phi) is 6.69. The molecular formula is C13H25NO. The molecule has 0 amide bonds. The first-order valence-corrected chi connectivity index (χ1v) is 6.30. The van der Waals surface area contributed by atoms with E-state index in [2.05, 4.69) is 31.3 Å².